The molecule has 1 saturated heterocycles. The van der Waals surface area contributed by atoms with Gasteiger partial charge in [-0.05, 0) is 19.1 Å². The fourth-order valence-corrected chi connectivity index (χ4v) is 3.30. The Hall–Kier alpha value is -3.03. The van der Waals surface area contributed by atoms with Gasteiger partial charge in [0.2, 0.25) is 5.91 Å². The van der Waals surface area contributed by atoms with Crippen molar-refractivity contribution in [2.24, 2.45) is 0 Å². The number of hydrogen-bond donors (Lipinski definition) is 2. The lowest BCUT2D eigenvalue weighted by Gasteiger charge is -2.16. The van der Waals surface area contributed by atoms with Crippen LogP contribution in [0.15, 0.2) is 18.2 Å². The monoisotopic (exact) mass is 356 g/mol. The molecule has 1 atom stereocenters. The highest BCUT2D eigenvalue weighted by molar-refractivity contribution is 5.91. The van der Waals surface area contributed by atoms with E-state index in [9.17, 15) is 9.59 Å². The molecule has 0 saturated carbocycles. The molecule has 0 radical (unpaired) electrons. The molecule has 8 nitrogen and oxygen atoms in total. The minimum absolute atomic E-state index is 0.150. The van der Waals surface area contributed by atoms with Crippen LogP contribution < -0.4 is 15.0 Å². The fourth-order valence-electron chi connectivity index (χ4n) is 3.30. The van der Waals surface area contributed by atoms with Crippen molar-refractivity contribution in [3.8, 4) is 17.0 Å². The van der Waals surface area contributed by atoms with Gasteiger partial charge in [-0.15, -0.1) is 0 Å². The van der Waals surface area contributed by atoms with Crippen molar-refractivity contribution in [1.29, 1.82) is 0 Å². The number of nitrogens with one attached hydrogen (secondary N) is 2. The first-order chi connectivity index (χ1) is 12.5. The maximum Gasteiger partial charge on any atom is 0.414 e. The van der Waals surface area contributed by atoms with E-state index >= 15 is 0 Å². The van der Waals surface area contributed by atoms with Gasteiger partial charge in [-0.3, -0.25) is 9.69 Å². The molecule has 2 amide bonds. The normalized spacial score (nSPS) is 18.5. The molecule has 2 N–H and O–H groups in total. The molecule has 2 aromatic rings. The highest BCUT2D eigenvalue weighted by Gasteiger charge is 2.33. The molecule has 136 valence electrons. The highest BCUT2D eigenvalue weighted by atomic mass is 16.6. The standard InChI is InChI=1S/C18H20N4O4/c1-10-20-15-5-6-25-16-7-12(3-4-14(16)17(15)21-10)22-9-13(26-18(22)24)8-19-11(2)23/h3-4,7,13H,5-6,8-9H2,1-2H3,(H,19,23)(H,20,21)/t13-/m0/s1. The van der Waals surface area contributed by atoms with Crippen molar-refractivity contribution in [3.63, 3.8) is 0 Å². The summed E-state index contributed by atoms with van der Waals surface area (Å²) in [5, 5.41) is 2.67. The first-order valence-electron chi connectivity index (χ1n) is 8.56. The van der Waals surface area contributed by atoms with E-state index in [1.807, 2.05) is 25.1 Å². The van der Waals surface area contributed by atoms with Gasteiger partial charge in [0.1, 0.15) is 17.7 Å². The molecule has 8 heteroatoms. The second-order valence-corrected chi connectivity index (χ2v) is 6.48. The van der Waals surface area contributed by atoms with Crippen molar-refractivity contribution in [2.75, 3.05) is 24.6 Å². The van der Waals surface area contributed by atoms with Crippen LogP contribution in [-0.4, -0.2) is 47.8 Å². The summed E-state index contributed by atoms with van der Waals surface area (Å²) in [7, 11) is 0. The average molecular weight is 356 g/mol. The topological polar surface area (TPSA) is 96.5 Å². The Morgan fingerprint density at radius 2 is 2.31 bits per heavy atom. The molecule has 2 aliphatic rings. The lowest BCUT2D eigenvalue weighted by atomic mass is 10.1. The van der Waals surface area contributed by atoms with Crippen molar-refractivity contribution in [2.45, 2.75) is 26.4 Å². The van der Waals surface area contributed by atoms with Gasteiger partial charge in [0.05, 0.1) is 31.1 Å². The van der Waals surface area contributed by atoms with E-state index in [1.165, 1.54) is 6.92 Å². The maximum atomic E-state index is 12.2. The summed E-state index contributed by atoms with van der Waals surface area (Å²) in [6.07, 6.45) is -0.0398. The summed E-state index contributed by atoms with van der Waals surface area (Å²) in [5.74, 6) is 1.42. The number of aryl methyl sites for hydroxylation is 1. The van der Waals surface area contributed by atoms with Gasteiger partial charge in [0, 0.05) is 30.7 Å². The third-order valence-corrected chi connectivity index (χ3v) is 4.49. The number of cyclic esters (lactones) is 1. The largest absolute Gasteiger partial charge is 0.492 e. The SMILES string of the molecule is CC(=O)NC[C@H]1CN(c2ccc3c(c2)OCCc2[nH]c(C)nc2-3)C(=O)O1. The zero-order valence-corrected chi connectivity index (χ0v) is 14.7. The first kappa shape index (κ1) is 16.4. The Morgan fingerprint density at radius 1 is 1.46 bits per heavy atom. The number of fused-ring (bicyclic) bond motifs is 3. The molecule has 4 rings (SSSR count). The maximum absolute atomic E-state index is 12.2. The number of aromatic nitrogens is 2. The Morgan fingerprint density at radius 3 is 3.12 bits per heavy atom. The highest BCUT2D eigenvalue weighted by Crippen LogP contribution is 2.37. The Labute approximate surface area is 150 Å². The number of carbonyl (C=O) groups excluding carboxylic acids is 2. The Bertz CT molecular complexity index is 876. The molecule has 1 fully saturated rings. The molecule has 26 heavy (non-hydrogen) atoms. The molecule has 0 unspecified atom stereocenters. The van der Waals surface area contributed by atoms with Crippen LogP contribution in [-0.2, 0) is 16.0 Å². The first-order valence-corrected chi connectivity index (χ1v) is 8.56. The summed E-state index contributed by atoms with van der Waals surface area (Å²) < 4.78 is 11.2. The van der Waals surface area contributed by atoms with E-state index in [1.54, 1.807) is 4.90 Å². The van der Waals surface area contributed by atoms with Gasteiger partial charge in [0.25, 0.3) is 0 Å². The fraction of sp³-hybridized carbons (Fsp3) is 0.389. The number of carbonyl (C=O) groups is 2. The number of ether oxygens (including phenoxy) is 2. The zero-order chi connectivity index (χ0) is 18.3. The summed E-state index contributed by atoms with van der Waals surface area (Å²) in [6, 6.07) is 5.63. The minimum atomic E-state index is -0.426. The lowest BCUT2D eigenvalue weighted by molar-refractivity contribution is -0.119. The molecular weight excluding hydrogens is 336 g/mol. The summed E-state index contributed by atoms with van der Waals surface area (Å²) in [4.78, 5) is 32.6. The Kier molecular flexibility index (Phi) is 4.02. The van der Waals surface area contributed by atoms with Gasteiger partial charge >= 0.3 is 6.09 Å². The predicted molar refractivity (Wildman–Crippen MR) is 94.3 cm³/mol. The number of benzene rings is 1. The van der Waals surface area contributed by atoms with Gasteiger partial charge < -0.3 is 19.8 Å². The molecule has 1 aromatic carbocycles. The zero-order valence-electron chi connectivity index (χ0n) is 14.7. The number of H-pyrrole nitrogens is 1. The number of anilines is 1. The molecular formula is C18H20N4O4. The van der Waals surface area contributed by atoms with Crippen LogP contribution in [0.2, 0.25) is 0 Å². The second kappa shape index (κ2) is 6.36. The molecule has 0 aliphatic carbocycles. The summed E-state index contributed by atoms with van der Waals surface area (Å²) in [5.41, 5.74) is 3.57. The lowest BCUT2D eigenvalue weighted by Crippen LogP contribution is -2.33. The van der Waals surface area contributed by atoms with Crippen LogP contribution in [0.25, 0.3) is 11.3 Å². The van der Waals surface area contributed by atoms with Crippen LogP contribution in [0.4, 0.5) is 10.5 Å². The quantitative estimate of drug-likeness (QED) is 0.874. The third-order valence-electron chi connectivity index (χ3n) is 4.49. The van der Waals surface area contributed by atoms with Crippen molar-refractivity contribution in [1.82, 2.24) is 15.3 Å². The Balaban J connectivity index is 1.59. The van der Waals surface area contributed by atoms with Crippen LogP contribution >= 0.6 is 0 Å². The number of rotatable bonds is 3. The number of imidazole rings is 1. The van der Waals surface area contributed by atoms with Crippen LogP contribution in [0.3, 0.4) is 0 Å². The van der Waals surface area contributed by atoms with E-state index in [0.717, 1.165) is 29.2 Å². The second-order valence-electron chi connectivity index (χ2n) is 6.48. The molecule has 3 heterocycles. The van der Waals surface area contributed by atoms with Gasteiger partial charge in [0.15, 0.2) is 0 Å². The van der Waals surface area contributed by atoms with Crippen molar-refractivity contribution in [3.05, 3.63) is 29.7 Å². The van der Waals surface area contributed by atoms with E-state index in [0.29, 0.717) is 31.1 Å². The summed E-state index contributed by atoms with van der Waals surface area (Å²) >= 11 is 0. The van der Waals surface area contributed by atoms with Crippen molar-refractivity contribution >= 4 is 17.7 Å². The number of hydrogen-bond acceptors (Lipinski definition) is 5. The number of nitrogens with zero attached hydrogens (tertiary/aromatic N) is 2. The minimum Gasteiger partial charge on any atom is -0.492 e. The van der Waals surface area contributed by atoms with Crippen LogP contribution in [0.5, 0.6) is 5.75 Å². The third kappa shape index (κ3) is 2.98. The van der Waals surface area contributed by atoms with Crippen LogP contribution in [0, 0.1) is 6.92 Å². The molecule has 0 bridgehead atoms. The predicted octanol–water partition coefficient (Wildman–Crippen LogP) is 1.78. The van der Waals surface area contributed by atoms with Crippen molar-refractivity contribution < 1.29 is 19.1 Å². The van der Waals surface area contributed by atoms with E-state index in [2.05, 4.69) is 15.3 Å². The average Bonchev–Trinajstić information content (AvgIpc) is 3.11. The van der Waals surface area contributed by atoms with E-state index in [4.69, 9.17) is 9.47 Å². The van der Waals surface area contributed by atoms with Gasteiger partial charge in [-0.25, -0.2) is 9.78 Å². The summed E-state index contributed by atoms with van der Waals surface area (Å²) in [6.45, 7) is 4.59. The molecule has 0 spiro atoms. The molecule has 2 aliphatic heterocycles. The number of amides is 2. The molecule has 1 aromatic heterocycles. The van der Waals surface area contributed by atoms with E-state index in [-0.39, 0.29) is 12.0 Å². The number of aromatic amines is 1. The smallest absolute Gasteiger partial charge is 0.414 e. The van der Waals surface area contributed by atoms with Crippen LogP contribution in [0.1, 0.15) is 18.4 Å². The van der Waals surface area contributed by atoms with Gasteiger partial charge in [-0.2, -0.15) is 0 Å². The van der Waals surface area contributed by atoms with E-state index < -0.39 is 6.09 Å². The van der Waals surface area contributed by atoms with Gasteiger partial charge in [-0.1, -0.05) is 0 Å².